The second-order valence-corrected chi connectivity index (χ2v) is 3.28. The Morgan fingerprint density at radius 1 is 1.33 bits per heavy atom. The third kappa shape index (κ3) is 2.97. The van der Waals surface area contributed by atoms with Crippen molar-refractivity contribution in [3.8, 4) is 11.8 Å². The number of hydrogen-bond donors (Lipinski definition) is 0. The molecule has 96 valence electrons. The SMILES string of the molecule is CC(=O)c1cc(C(F)F)c(OC(F)F)cc1C#N. The molecule has 18 heavy (non-hydrogen) atoms. The van der Waals surface area contributed by atoms with Crippen LogP contribution in [0.15, 0.2) is 12.1 Å². The second kappa shape index (κ2) is 5.49. The molecule has 0 unspecified atom stereocenters. The summed E-state index contributed by atoms with van der Waals surface area (Å²) in [4.78, 5) is 11.1. The van der Waals surface area contributed by atoms with Gasteiger partial charge in [0.15, 0.2) is 5.78 Å². The third-order valence-electron chi connectivity index (χ3n) is 2.10. The smallest absolute Gasteiger partial charge is 0.387 e. The minimum absolute atomic E-state index is 0.255. The van der Waals surface area contributed by atoms with Gasteiger partial charge in [-0.25, -0.2) is 8.78 Å². The van der Waals surface area contributed by atoms with Gasteiger partial charge in [0.05, 0.1) is 11.1 Å². The molecule has 0 aliphatic rings. The maximum absolute atomic E-state index is 12.6. The van der Waals surface area contributed by atoms with Crippen LogP contribution in [0.3, 0.4) is 0 Å². The highest BCUT2D eigenvalue weighted by Gasteiger charge is 2.21. The van der Waals surface area contributed by atoms with Gasteiger partial charge in [-0.15, -0.1) is 0 Å². The number of alkyl halides is 4. The number of halogens is 4. The Kier molecular flexibility index (Phi) is 4.26. The lowest BCUT2D eigenvalue weighted by Crippen LogP contribution is -2.07. The lowest BCUT2D eigenvalue weighted by atomic mass is 10.0. The molecular formula is C11H7F4NO2. The lowest BCUT2D eigenvalue weighted by Gasteiger charge is -2.12. The minimum atomic E-state index is -3.29. The first-order valence-electron chi connectivity index (χ1n) is 4.68. The molecule has 0 N–H and O–H groups in total. The van der Waals surface area contributed by atoms with Crippen LogP contribution in [0.5, 0.6) is 5.75 Å². The number of nitriles is 1. The van der Waals surface area contributed by atoms with Crippen molar-refractivity contribution in [2.45, 2.75) is 20.0 Å². The van der Waals surface area contributed by atoms with E-state index < -0.39 is 30.1 Å². The lowest BCUT2D eigenvalue weighted by molar-refractivity contribution is -0.0519. The number of Topliss-reactive ketones (excluding diaryl/α,β-unsaturated/α-hetero) is 1. The average molecular weight is 261 g/mol. The van der Waals surface area contributed by atoms with Crippen LogP contribution in [-0.4, -0.2) is 12.4 Å². The van der Waals surface area contributed by atoms with E-state index in [1.807, 2.05) is 0 Å². The quantitative estimate of drug-likeness (QED) is 0.617. The van der Waals surface area contributed by atoms with E-state index in [4.69, 9.17) is 5.26 Å². The molecule has 0 saturated heterocycles. The molecule has 0 aliphatic heterocycles. The molecule has 7 heteroatoms. The standard InChI is InChI=1S/C11H7F4NO2/c1-5(17)7-3-8(10(12)13)9(18-11(14)15)2-6(7)4-16/h2-3,10-11H,1H3. The molecule has 0 saturated carbocycles. The molecule has 0 fully saturated rings. The summed E-state index contributed by atoms with van der Waals surface area (Å²) in [5.41, 5.74) is -1.39. The molecule has 0 radical (unpaired) electrons. The number of benzene rings is 1. The molecule has 1 aromatic carbocycles. The number of ether oxygens (including phenoxy) is 1. The molecule has 3 nitrogen and oxygen atoms in total. The van der Waals surface area contributed by atoms with Gasteiger partial charge in [-0.3, -0.25) is 4.79 Å². The zero-order valence-electron chi connectivity index (χ0n) is 9.08. The maximum atomic E-state index is 12.6. The summed E-state index contributed by atoms with van der Waals surface area (Å²) in [5, 5.41) is 8.72. The number of hydrogen-bond acceptors (Lipinski definition) is 3. The van der Waals surface area contributed by atoms with Crippen LogP contribution in [0.25, 0.3) is 0 Å². The van der Waals surface area contributed by atoms with E-state index in [-0.39, 0.29) is 11.1 Å². The highest BCUT2D eigenvalue weighted by atomic mass is 19.3. The van der Waals surface area contributed by atoms with E-state index in [9.17, 15) is 22.4 Å². The van der Waals surface area contributed by atoms with Gasteiger partial charge >= 0.3 is 6.61 Å². The largest absolute Gasteiger partial charge is 0.434 e. The predicted octanol–water partition coefficient (Wildman–Crippen LogP) is 3.30. The fraction of sp³-hybridized carbons (Fsp3) is 0.273. The number of rotatable bonds is 4. The number of carbonyl (C=O) groups excluding carboxylic acids is 1. The summed E-state index contributed by atoms with van der Waals surface area (Å²) in [6.07, 6.45) is -3.09. The number of nitrogens with zero attached hydrogens (tertiary/aromatic N) is 1. The predicted molar refractivity (Wildman–Crippen MR) is 52.8 cm³/mol. The van der Waals surface area contributed by atoms with Crippen LogP contribution in [0.2, 0.25) is 0 Å². The highest BCUT2D eigenvalue weighted by Crippen LogP contribution is 2.33. The van der Waals surface area contributed by atoms with Crippen molar-refractivity contribution in [1.82, 2.24) is 0 Å². The summed E-state index contributed by atoms with van der Waals surface area (Å²) in [5.74, 6) is -1.42. The molecule has 0 spiro atoms. The fourth-order valence-corrected chi connectivity index (χ4v) is 1.35. The second-order valence-electron chi connectivity index (χ2n) is 3.28. The van der Waals surface area contributed by atoms with Crippen LogP contribution in [0.4, 0.5) is 17.6 Å². The third-order valence-corrected chi connectivity index (χ3v) is 2.10. The average Bonchev–Trinajstić information content (AvgIpc) is 2.26. The van der Waals surface area contributed by atoms with Crippen molar-refractivity contribution in [1.29, 1.82) is 5.26 Å². The van der Waals surface area contributed by atoms with Crippen molar-refractivity contribution in [2.24, 2.45) is 0 Å². The molecule has 0 aromatic heterocycles. The van der Waals surface area contributed by atoms with E-state index in [2.05, 4.69) is 4.74 Å². The number of carbonyl (C=O) groups is 1. The van der Waals surface area contributed by atoms with Gasteiger partial charge in [-0.1, -0.05) is 0 Å². The van der Waals surface area contributed by atoms with Gasteiger partial charge in [0.2, 0.25) is 0 Å². The monoisotopic (exact) mass is 261 g/mol. The topological polar surface area (TPSA) is 50.1 Å². The molecule has 0 atom stereocenters. The Balaban J connectivity index is 3.43. The fourth-order valence-electron chi connectivity index (χ4n) is 1.35. The number of ketones is 1. The van der Waals surface area contributed by atoms with E-state index >= 15 is 0 Å². The van der Waals surface area contributed by atoms with Gasteiger partial charge in [0.1, 0.15) is 11.8 Å². The Bertz CT molecular complexity index is 509. The first kappa shape index (κ1) is 14.0. The van der Waals surface area contributed by atoms with E-state index in [0.29, 0.717) is 12.1 Å². The minimum Gasteiger partial charge on any atom is -0.434 e. The zero-order chi connectivity index (χ0) is 13.9. The Morgan fingerprint density at radius 2 is 1.94 bits per heavy atom. The summed E-state index contributed by atoms with van der Waals surface area (Å²) >= 11 is 0. The molecule has 0 aliphatic carbocycles. The van der Waals surface area contributed by atoms with Gasteiger partial charge in [0, 0.05) is 5.56 Å². The molecular weight excluding hydrogens is 254 g/mol. The molecule has 0 bridgehead atoms. The Morgan fingerprint density at radius 3 is 2.33 bits per heavy atom. The molecule has 1 aromatic rings. The Hall–Kier alpha value is -2.10. The van der Waals surface area contributed by atoms with Gasteiger partial charge in [-0.05, 0) is 19.1 Å². The van der Waals surface area contributed by atoms with Crippen LogP contribution in [0, 0.1) is 11.3 Å². The maximum Gasteiger partial charge on any atom is 0.387 e. The first-order valence-corrected chi connectivity index (χ1v) is 4.68. The normalized spacial score (nSPS) is 10.6. The van der Waals surface area contributed by atoms with E-state index in [1.165, 1.54) is 0 Å². The highest BCUT2D eigenvalue weighted by molar-refractivity contribution is 5.97. The van der Waals surface area contributed by atoms with Gasteiger partial charge in [0.25, 0.3) is 6.43 Å². The van der Waals surface area contributed by atoms with Crippen molar-refractivity contribution >= 4 is 5.78 Å². The van der Waals surface area contributed by atoms with Crippen LogP contribution < -0.4 is 4.74 Å². The summed E-state index contributed by atoms with van der Waals surface area (Å²) in [7, 11) is 0. The van der Waals surface area contributed by atoms with Crippen LogP contribution >= 0.6 is 0 Å². The summed E-state index contributed by atoms with van der Waals surface area (Å²) in [6.45, 7) is -2.21. The molecule has 0 heterocycles. The molecule has 1 rings (SSSR count). The van der Waals surface area contributed by atoms with Crippen LogP contribution in [-0.2, 0) is 0 Å². The van der Waals surface area contributed by atoms with E-state index in [0.717, 1.165) is 6.92 Å². The van der Waals surface area contributed by atoms with E-state index in [1.54, 1.807) is 6.07 Å². The Labute approximate surface area is 99.6 Å². The van der Waals surface area contributed by atoms with Crippen molar-refractivity contribution in [3.05, 3.63) is 28.8 Å². The summed E-state index contributed by atoms with van der Waals surface area (Å²) in [6, 6.07) is 2.98. The van der Waals surface area contributed by atoms with Crippen molar-refractivity contribution in [2.75, 3.05) is 0 Å². The van der Waals surface area contributed by atoms with Gasteiger partial charge < -0.3 is 4.74 Å². The first-order chi connectivity index (χ1) is 8.36. The van der Waals surface area contributed by atoms with Crippen molar-refractivity contribution in [3.63, 3.8) is 0 Å². The van der Waals surface area contributed by atoms with Gasteiger partial charge in [-0.2, -0.15) is 14.0 Å². The molecule has 0 amide bonds. The zero-order valence-corrected chi connectivity index (χ0v) is 9.08. The summed E-state index contributed by atoms with van der Waals surface area (Å²) < 4.78 is 53.3. The van der Waals surface area contributed by atoms with Crippen LogP contribution in [0.1, 0.15) is 34.8 Å². The van der Waals surface area contributed by atoms with Crippen molar-refractivity contribution < 1.29 is 27.1 Å².